The molecule has 11 heteroatoms. The minimum atomic E-state index is -4.51. The normalized spacial score (nSPS) is 17.8. The number of hydrogen-bond donors (Lipinski definition) is 4. The number of allylic oxidation sites excluding steroid dienone is 1. The number of hydrogen-bond acceptors (Lipinski definition) is 5. The van der Waals surface area contributed by atoms with Gasteiger partial charge in [0.25, 0.3) is 0 Å². The minimum absolute atomic E-state index is 0.174. The molecule has 40 heavy (non-hydrogen) atoms. The number of benzene rings is 2. The molecule has 0 saturated heterocycles. The van der Waals surface area contributed by atoms with Crippen molar-refractivity contribution < 1.29 is 22.8 Å². The number of nitrogens with two attached hydrogens (primary N) is 2. The second kappa shape index (κ2) is 13.3. The number of aryl methyl sites for hydroxylation is 2. The molecule has 0 heterocycles. The van der Waals surface area contributed by atoms with Crippen LogP contribution in [0.4, 0.5) is 23.7 Å². The molecule has 1 saturated carbocycles. The zero-order valence-electron chi connectivity index (χ0n) is 22.6. The molecule has 2 aromatic carbocycles. The third kappa shape index (κ3) is 8.42. The summed E-state index contributed by atoms with van der Waals surface area (Å²) in [5, 5.41) is 11.0. The van der Waals surface area contributed by atoms with E-state index in [0.717, 1.165) is 22.4 Å². The van der Waals surface area contributed by atoms with E-state index in [4.69, 9.17) is 21.9 Å². The average molecular weight is 557 g/mol. The van der Waals surface area contributed by atoms with Crippen LogP contribution in [-0.4, -0.2) is 47.7 Å². The van der Waals surface area contributed by atoms with Gasteiger partial charge in [0.2, 0.25) is 5.91 Å². The number of amides is 3. The molecule has 0 bridgehead atoms. The van der Waals surface area contributed by atoms with E-state index in [2.05, 4.69) is 5.32 Å². The Morgan fingerprint density at radius 2 is 1.85 bits per heavy atom. The van der Waals surface area contributed by atoms with Gasteiger partial charge in [0, 0.05) is 35.9 Å². The van der Waals surface area contributed by atoms with Crippen LogP contribution < -0.4 is 16.8 Å². The van der Waals surface area contributed by atoms with Gasteiger partial charge in [0.15, 0.2) is 0 Å². The number of amidine groups is 1. The minimum Gasteiger partial charge on any atom is -0.400 e. The number of halogens is 3. The molecule has 6 N–H and O–H groups in total. The summed E-state index contributed by atoms with van der Waals surface area (Å²) < 4.78 is 39.1. The highest BCUT2D eigenvalue weighted by molar-refractivity contribution is 6.06. The maximum Gasteiger partial charge on any atom is 0.390 e. The molecule has 1 atom stereocenters. The summed E-state index contributed by atoms with van der Waals surface area (Å²) in [6.45, 7) is 2.99. The van der Waals surface area contributed by atoms with Crippen molar-refractivity contribution in [3.05, 3.63) is 76.5 Å². The average Bonchev–Trinajstić information content (AvgIpc) is 2.91. The lowest BCUT2D eigenvalue weighted by Crippen LogP contribution is -2.46. The molecular weight excluding hydrogens is 521 g/mol. The fourth-order valence-corrected chi connectivity index (χ4v) is 4.46. The van der Waals surface area contributed by atoms with E-state index in [9.17, 15) is 22.8 Å². The first-order valence-electron chi connectivity index (χ1n) is 13.1. The molecule has 0 spiro atoms. The van der Waals surface area contributed by atoms with Crippen LogP contribution in [0, 0.1) is 18.3 Å². The van der Waals surface area contributed by atoms with Crippen molar-refractivity contribution in [2.45, 2.75) is 52.1 Å². The number of carbonyl (C=O) groups is 2. The largest absolute Gasteiger partial charge is 0.400 e. The number of nitrogens with zero attached hydrogens (tertiary/aromatic N) is 2. The predicted octanol–water partition coefficient (Wildman–Crippen LogP) is 5.12. The number of primary amides is 1. The molecule has 1 aliphatic rings. The third-order valence-electron chi connectivity index (χ3n) is 6.79. The Morgan fingerprint density at radius 1 is 1.15 bits per heavy atom. The zero-order chi connectivity index (χ0) is 29.4. The van der Waals surface area contributed by atoms with Crippen LogP contribution in [0.25, 0.3) is 0 Å². The summed E-state index contributed by atoms with van der Waals surface area (Å²) in [4.78, 5) is 30.4. The first kappa shape index (κ1) is 30.4. The second-order valence-corrected chi connectivity index (χ2v) is 9.82. The monoisotopic (exact) mass is 556 g/mol. The molecule has 2 aromatic rings. The highest BCUT2D eigenvalue weighted by Crippen LogP contribution is 2.30. The fraction of sp³-hybridized carbons (Fsp3) is 0.379. The van der Waals surface area contributed by atoms with Crippen LogP contribution in [0.3, 0.4) is 0 Å². The number of rotatable bonds is 8. The number of carbonyl (C=O) groups excluding carboxylic acids is 2. The summed E-state index contributed by atoms with van der Waals surface area (Å²) in [6.07, 6.45) is -3.88. The number of urea groups is 1. The Hall–Kier alpha value is -4.15. The molecule has 1 unspecified atom stereocenters. The van der Waals surface area contributed by atoms with Crippen LogP contribution in [-0.2, 0) is 11.2 Å². The van der Waals surface area contributed by atoms with Crippen LogP contribution in [0.5, 0.6) is 0 Å². The molecule has 3 amide bonds. The standard InChI is InChI=1S/C29H35F3N6O2/c1-3-19-7-9-20(10-8-19)26(34)38(14-13-29(30,31)32)28(40)36-17-24(33)23-12-11-21(27(35)39)16-25(23)37-22-6-4-5-18(2)15-22/h4-10,15,21,34H,3,11-14,16-17,33H2,1-2H3,(H2,35,39)(H,36,40)/b24-23-,34-26?,37-25?. The molecule has 0 aromatic heterocycles. The van der Waals surface area contributed by atoms with E-state index in [0.29, 0.717) is 35.4 Å². The van der Waals surface area contributed by atoms with Crippen molar-refractivity contribution in [1.29, 1.82) is 5.41 Å². The topological polar surface area (TPSA) is 138 Å². The SMILES string of the molecule is CCc1ccc(C(=N)N(CCC(F)(F)F)C(=O)NC/C(N)=C2\CCC(C(N)=O)CC2=Nc2cccc(C)c2)cc1. The molecule has 3 rings (SSSR count). The van der Waals surface area contributed by atoms with Crippen molar-refractivity contribution in [3.63, 3.8) is 0 Å². The number of aliphatic imine (C=N–C) groups is 1. The van der Waals surface area contributed by atoms with E-state index in [1.807, 2.05) is 38.1 Å². The van der Waals surface area contributed by atoms with Crippen molar-refractivity contribution in [2.24, 2.45) is 22.4 Å². The van der Waals surface area contributed by atoms with Crippen molar-refractivity contribution in [2.75, 3.05) is 13.1 Å². The summed E-state index contributed by atoms with van der Waals surface area (Å²) in [6, 6.07) is 13.4. The summed E-state index contributed by atoms with van der Waals surface area (Å²) >= 11 is 0. The molecular formula is C29H35F3N6O2. The van der Waals surface area contributed by atoms with E-state index >= 15 is 0 Å². The second-order valence-electron chi connectivity index (χ2n) is 9.82. The van der Waals surface area contributed by atoms with Crippen molar-refractivity contribution >= 4 is 29.2 Å². The Morgan fingerprint density at radius 3 is 2.45 bits per heavy atom. The van der Waals surface area contributed by atoms with Crippen LogP contribution in [0.15, 0.2) is 64.8 Å². The molecule has 0 radical (unpaired) electrons. The lowest BCUT2D eigenvalue weighted by Gasteiger charge is -2.27. The van der Waals surface area contributed by atoms with Gasteiger partial charge in [-0.25, -0.2) is 4.79 Å². The highest BCUT2D eigenvalue weighted by atomic mass is 19.4. The Balaban J connectivity index is 1.83. The van der Waals surface area contributed by atoms with Gasteiger partial charge < -0.3 is 16.8 Å². The first-order chi connectivity index (χ1) is 18.9. The molecule has 1 aliphatic carbocycles. The van der Waals surface area contributed by atoms with Crippen LogP contribution >= 0.6 is 0 Å². The van der Waals surface area contributed by atoms with Crippen molar-refractivity contribution in [1.82, 2.24) is 10.2 Å². The first-order valence-corrected chi connectivity index (χ1v) is 13.1. The Labute approximate surface area is 231 Å². The van der Waals surface area contributed by atoms with Gasteiger partial charge in [-0.05, 0) is 55.0 Å². The van der Waals surface area contributed by atoms with E-state index in [1.54, 1.807) is 24.3 Å². The van der Waals surface area contributed by atoms with Gasteiger partial charge in [0.05, 0.1) is 18.7 Å². The van der Waals surface area contributed by atoms with Gasteiger partial charge >= 0.3 is 12.2 Å². The molecule has 8 nitrogen and oxygen atoms in total. The zero-order valence-corrected chi connectivity index (χ0v) is 22.6. The van der Waals surface area contributed by atoms with Crippen LogP contribution in [0.1, 0.15) is 49.3 Å². The van der Waals surface area contributed by atoms with Gasteiger partial charge in [-0.1, -0.05) is 43.3 Å². The summed E-state index contributed by atoms with van der Waals surface area (Å²) in [5.74, 6) is -1.19. The van der Waals surface area contributed by atoms with Gasteiger partial charge in [-0.2, -0.15) is 13.2 Å². The molecule has 1 fully saturated rings. The summed E-state index contributed by atoms with van der Waals surface area (Å²) in [7, 11) is 0. The lowest BCUT2D eigenvalue weighted by atomic mass is 9.82. The Kier molecular flexibility index (Phi) is 10.1. The smallest absolute Gasteiger partial charge is 0.390 e. The third-order valence-corrected chi connectivity index (χ3v) is 6.79. The summed E-state index contributed by atoms with van der Waals surface area (Å²) in [5.41, 5.74) is 16.4. The van der Waals surface area contributed by atoms with Gasteiger partial charge in [0.1, 0.15) is 5.84 Å². The van der Waals surface area contributed by atoms with Crippen molar-refractivity contribution in [3.8, 4) is 0 Å². The van der Waals surface area contributed by atoms with Crippen LogP contribution in [0.2, 0.25) is 0 Å². The molecule has 214 valence electrons. The van der Waals surface area contributed by atoms with E-state index in [1.165, 1.54) is 0 Å². The van der Waals surface area contributed by atoms with Gasteiger partial charge in [-0.3, -0.25) is 20.1 Å². The quantitative estimate of drug-likeness (QED) is 0.265. The maximum atomic E-state index is 13.1. The van der Waals surface area contributed by atoms with E-state index < -0.39 is 37.0 Å². The predicted molar refractivity (Wildman–Crippen MR) is 149 cm³/mol. The highest BCUT2D eigenvalue weighted by Gasteiger charge is 2.31. The lowest BCUT2D eigenvalue weighted by molar-refractivity contribution is -0.135. The van der Waals surface area contributed by atoms with Gasteiger partial charge in [-0.15, -0.1) is 0 Å². The Bertz CT molecular complexity index is 1300. The number of nitrogens with one attached hydrogen (secondary N) is 2. The number of alkyl halides is 3. The fourth-order valence-electron chi connectivity index (χ4n) is 4.46. The molecule has 0 aliphatic heterocycles. The van der Waals surface area contributed by atoms with E-state index in [-0.39, 0.29) is 24.5 Å². The maximum absolute atomic E-state index is 13.1.